The minimum absolute atomic E-state index is 0.0416. The molecule has 3 aromatic rings. The third kappa shape index (κ3) is 4.82. The Balaban J connectivity index is 1.57. The number of hydrogen-bond donors (Lipinski definition) is 1. The second kappa shape index (κ2) is 8.94. The van der Waals surface area contributed by atoms with Crippen LogP contribution < -0.4 is 14.8 Å². The maximum atomic E-state index is 12.0. The molecule has 0 unspecified atom stereocenters. The van der Waals surface area contributed by atoms with E-state index in [9.17, 15) is 9.59 Å². The fourth-order valence-corrected chi connectivity index (χ4v) is 2.65. The van der Waals surface area contributed by atoms with Gasteiger partial charge in [0.15, 0.2) is 17.3 Å². The maximum Gasteiger partial charge on any atom is 0.379 e. The highest BCUT2D eigenvalue weighted by Gasteiger charge is 2.16. The molecule has 0 spiro atoms. The molecule has 0 fully saturated rings. The minimum atomic E-state index is -0.592. The number of benzene rings is 1. The summed E-state index contributed by atoms with van der Waals surface area (Å²) in [6, 6.07) is 11.7. The molecule has 0 bridgehead atoms. The van der Waals surface area contributed by atoms with Crippen molar-refractivity contribution >= 4 is 11.9 Å². The Bertz CT molecular complexity index is 915. The summed E-state index contributed by atoms with van der Waals surface area (Å²) in [6.45, 7) is 1.93. The Hall–Kier alpha value is -3.48. The van der Waals surface area contributed by atoms with E-state index in [1.165, 1.54) is 25.7 Å². The first-order chi connectivity index (χ1) is 13.6. The van der Waals surface area contributed by atoms with Gasteiger partial charge in [0.25, 0.3) is 5.91 Å². The standard InChI is InChI=1S/C21H21NO6/c1-14(22-20(23)17-5-3-11-26-17)7-8-15-9-10-16(19(13-15)25-2)28-21(24)18-6-4-12-27-18/h3-6,9-14H,7-8H2,1-2H3,(H,22,23)/t14-/m0/s1. The molecule has 3 rings (SSSR count). The maximum absolute atomic E-state index is 12.0. The second-order valence-corrected chi connectivity index (χ2v) is 6.24. The lowest BCUT2D eigenvalue weighted by atomic mass is 10.1. The molecule has 28 heavy (non-hydrogen) atoms. The van der Waals surface area contributed by atoms with Crippen LogP contribution in [0.1, 0.15) is 40.0 Å². The highest BCUT2D eigenvalue weighted by molar-refractivity contribution is 5.91. The number of ether oxygens (including phenoxy) is 2. The molecule has 2 aromatic heterocycles. The zero-order chi connectivity index (χ0) is 19.9. The van der Waals surface area contributed by atoms with Crippen molar-refractivity contribution in [2.24, 2.45) is 0 Å². The Kier molecular flexibility index (Phi) is 6.16. The van der Waals surface area contributed by atoms with Gasteiger partial charge in [-0.05, 0) is 61.7 Å². The number of methoxy groups -OCH3 is 1. The van der Waals surface area contributed by atoms with Gasteiger partial charge in [0, 0.05) is 6.04 Å². The van der Waals surface area contributed by atoms with Crippen molar-refractivity contribution in [3.63, 3.8) is 0 Å². The molecule has 0 aliphatic heterocycles. The van der Waals surface area contributed by atoms with Crippen LogP contribution >= 0.6 is 0 Å². The first-order valence-corrected chi connectivity index (χ1v) is 8.84. The first kappa shape index (κ1) is 19.3. The summed E-state index contributed by atoms with van der Waals surface area (Å²) < 4.78 is 20.8. The molecule has 7 nitrogen and oxygen atoms in total. The summed E-state index contributed by atoms with van der Waals surface area (Å²) in [5, 5.41) is 2.89. The molecule has 7 heteroatoms. The van der Waals surface area contributed by atoms with Crippen LogP contribution in [-0.2, 0) is 6.42 Å². The van der Waals surface area contributed by atoms with Crippen molar-refractivity contribution in [3.05, 3.63) is 72.1 Å². The molecular formula is C21H21NO6. The van der Waals surface area contributed by atoms with E-state index in [-0.39, 0.29) is 23.5 Å². The summed E-state index contributed by atoms with van der Waals surface area (Å²) in [5.74, 6) is 0.334. The van der Waals surface area contributed by atoms with E-state index < -0.39 is 5.97 Å². The molecule has 146 valence electrons. The van der Waals surface area contributed by atoms with E-state index in [1.54, 1.807) is 24.3 Å². The topological polar surface area (TPSA) is 90.9 Å². The third-order valence-corrected chi connectivity index (χ3v) is 4.14. The van der Waals surface area contributed by atoms with Gasteiger partial charge in [-0.25, -0.2) is 4.79 Å². The molecule has 1 amide bonds. The van der Waals surface area contributed by atoms with Gasteiger partial charge in [0.2, 0.25) is 5.76 Å². The third-order valence-electron chi connectivity index (χ3n) is 4.14. The van der Waals surface area contributed by atoms with Gasteiger partial charge in [-0.2, -0.15) is 0 Å². The first-order valence-electron chi connectivity index (χ1n) is 8.84. The molecule has 0 aliphatic rings. The fraction of sp³-hybridized carbons (Fsp3) is 0.238. The predicted molar refractivity (Wildman–Crippen MR) is 101 cm³/mol. The van der Waals surface area contributed by atoms with Gasteiger partial charge < -0.3 is 23.6 Å². The van der Waals surface area contributed by atoms with E-state index in [0.29, 0.717) is 17.9 Å². The van der Waals surface area contributed by atoms with Gasteiger partial charge in [-0.15, -0.1) is 0 Å². The fourth-order valence-electron chi connectivity index (χ4n) is 2.65. The summed E-state index contributed by atoms with van der Waals surface area (Å²) in [4.78, 5) is 24.0. The quantitative estimate of drug-likeness (QED) is 0.469. The largest absolute Gasteiger partial charge is 0.493 e. The molecule has 1 atom stereocenters. The minimum Gasteiger partial charge on any atom is -0.493 e. The summed E-state index contributed by atoms with van der Waals surface area (Å²) >= 11 is 0. The molecular weight excluding hydrogens is 362 g/mol. The van der Waals surface area contributed by atoms with E-state index in [2.05, 4.69) is 5.32 Å². The zero-order valence-corrected chi connectivity index (χ0v) is 15.6. The smallest absolute Gasteiger partial charge is 0.379 e. The van der Waals surface area contributed by atoms with Gasteiger partial charge >= 0.3 is 5.97 Å². The molecule has 0 aliphatic carbocycles. The van der Waals surface area contributed by atoms with Crippen LogP contribution in [0.3, 0.4) is 0 Å². The monoisotopic (exact) mass is 383 g/mol. The average molecular weight is 383 g/mol. The molecule has 2 heterocycles. The normalized spacial score (nSPS) is 11.6. The van der Waals surface area contributed by atoms with Crippen molar-refractivity contribution < 1.29 is 27.9 Å². The number of nitrogens with one attached hydrogen (secondary N) is 1. The molecule has 1 N–H and O–H groups in total. The number of hydrogen-bond acceptors (Lipinski definition) is 6. The number of furan rings is 2. The molecule has 1 aromatic carbocycles. The Labute approximate surface area is 162 Å². The number of aryl methyl sites for hydroxylation is 1. The van der Waals surface area contributed by atoms with Crippen LogP contribution in [-0.4, -0.2) is 25.0 Å². The number of carbonyl (C=O) groups excluding carboxylic acids is 2. The summed E-state index contributed by atoms with van der Waals surface area (Å²) in [6.07, 6.45) is 4.30. The van der Waals surface area contributed by atoms with Crippen molar-refractivity contribution in [2.75, 3.05) is 7.11 Å². The van der Waals surface area contributed by atoms with E-state index in [1.807, 2.05) is 19.1 Å². The average Bonchev–Trinajstić information content (AvgIpc) is 3.40. The van der Waals surface area contributed by atoms with Crippen LogP contribution in [0.2, 0.25) is 0 Å². The Morgan fingerprint density at radius 3 is 2.39 bits per heavy atom. The van der Waals surface area contributed by atoms with Crippen molar-refractivity contribution in [2.45, 2.75) is 25.8 Å². The lowest BCUT2D eigenvalue weighted by molar-refractivity contribution is 0.0696. The highest BCUT2D eigenvalue weighted by Crippen LogP contribution is 2.29. The number of carbonyl (C=O) groups is 2. The highest BCUT2D eigenvalue weighted by atomic mass is 16.6. The Morgan fingerprint density at radius 2 is 1.75 bits per heavy atom. The van der Waals surface area contributed by atoms with Gasteiger partial charge in [0.05, 0.1) is 19.6 Å². The van der Waals surface area contributed by atoms with Gasteiger partial charge in [0.1, 0.15) is 0 Å². The molecule has 0 saturated carbocycles. The Morgan fingerprint density at radius 1 is 1.04 bits per heavy atom. The van der Waals surface area contributed by atoms with Crippen molar-refractivity contribution in [1.82, 2.24) is 5.32 Å². The van der Waals surface area contributed by atoms with E-state index in [4.69, 9.17) is 18.3 Å². The molecule has 0 saturated heterocycles. The van der Waals surface area contributed by atoms with Crippen LogP contribution in [0, 0.1) is 0 Å². The van der Waals surface area contributed by atoms with Crippen LogP contribution in [0.5, 0.6) is 11.5 Å². The lowest BCUT2D eigenvalue weighted by Crippen LogP contribution is -2.32. The predicted octanol–water partition coefficient (Wildman–Crippen LogP) is 3.85. The SMILES string of the molecule is COc1cc(CC[C@H](C)NC(=O)c2ccco2)ccc1OC(=O)c1ccco1. The van der Waals surface area contributed by atoms with Crippen LogP contribution in [0.25, 0.3) is 0 Å². The lowest BCUT2D eigenvalue weighted by Gasteiger charge is -2.14. The van der Waals surface area contributed by atoms with E-state index in [0.717, 1.165) is 12.0 Å². The second-order valence-electron chi connectivity index (χ2n) is 6.24. The van der Waals surface area contributed by atoms with Crippen molar-refractivity contribution in [3.8, 4) is 11.5 Å². The van der Waals surface area contributed by atoms with Gasteiger partial charge in [-0.1, -0.05) is 6.07 Å². The number of amides is 1. The zero-order valence-electron chi connectivity index (χ0n) is 15.6. The molecule has 0 radical (unpaired) electrons. The van der Waals surface area contributed by atoms with Crippen LogP contribution in [0.15, 0.2) is 63.8 Å². The summed E-state index contributed by atoms with van der Waals surface area (Å²) in [7, 11) is 1.51. The van der Waals surface area contributed by atoms with Crippen molar-refractivity contribution in [1.29, 1.82) is 0 Å². The summed E-state index contributed by atoms with van der Waals surface area (Å²) in [5.41, 5.74) is 0.994. The van der Waals surface area contributed by atoms with Gasteiger partial charge in [-0.3, -0.25) is 4.79 Å². The number of esters is 1. The number of rotatable bonds is 8. The van der Waals surface area contributed by atoms with E-state index >= 15 is 0 Å². The van der Waals surface area contributed by atoms with Crippen LogP contribution in [0.4, 0.5) is 0 Å².